The van der Waals surface area contributed by atoms with Crippen LogP contribution in [-0.2, 0) is 6.61 Å². The van der Waals surface area contributed by atoms with Crippen LogP contribution in [0.25, 0.3) is 0 Å². The Hall–Kier alpha value is -2.01. The van der Waals surface area contributed by atoms with Gasteiger partial charge in [-0.05, 0) is 38.9 Å². The zero-order valence-corrected chi connectivity index (χ0v) is 12.0. The summed E-state index contributed by atoms with van der Waals surface area (Å²) in [7, 11) is 0. The number of aryl methyl sites for hydroxylation is 2. The Morgan fingerprint density at radius 1 is 1.35 bits per heavy atom. The van der Waals surface area contributed by atoms with Gasteiger partial charge in [0.05, 0.1) is 11.3 Å². The molecule has 0 atom stereocenters. The van der Waals surface area contributed by atoms with E-state index < -0.39 is 0 Å². The van der Waals surface area contributed by atoms with E-state index in [1.165, 1.54) is 0 Å². The van der Waals surface area contributed by atoms with E-state index in [0.717, 1.165) is 41.4 Å². The number of nitrogens with zero attached hydrogens (tertiary/aromatic N) is 1. The SMILES string of the molecule is Cc1noc(C)c1COc1cccc(NCCCN)c1. The summed E-state index contributed by atoms with van der Waals surface area (Å²) in [6.45, 7) is 5.83. The Balaban J connectivity index is 1.94. The van der Waals surface area contributed by atoms with E-state index in [1.54, 1.807) is 0 Å². The average molecular weight is 275 g/mol. The predicted octanol–water partition coefficient (Wildman–Crippen LogP) is 2.63. The first-order chi connectivity index (χ1) is 9.70. The van der Waals surface area contributed by atoms with E-state index in [2.05, 4.69) is 10.5 Å². The number of hydrogen-bond acceptors (Lipinski definition) is 5. The lowest BCUT2D eigenvalue weighted by Crippen LogP contribution is -2.08. The molecule has 5 heteroatoms. The molecule has 0 aliphatic carbocycles. The van der Waals surface area contributed by atoms with Crippen molar-refractivity contribution in [1.82, 2.24) is 5.16 Å². The van der Waals surface area contributed by atoms with Gasteiger partial charge >= 0.3 is 0 Å². The molecular weight excluding hydrogens is 254 g/mol. The van der Waals surface area contributed by atoms with Gasteiger partial charge in [-0.3, -0.25) is 0 Å². The number of rotatable bonds is 7. The van der Waals surface area contributed by atoms with Gasteiger partial charge in [0.1, 0.15) is 18.1 Å². The molecule has 0 spiro atoms. The third-order valence-corrected chi connectivity index (χ3v) is 3.11. The maximum atomic E-state index is 5.79. The highest BCUT2D eigenvalue weighted by Gasteiger charge is 2.09. The van der Waals surface area contributed by atoms with Gasteiger partial charge in [-0.25, -0.2) is 0 Å². The van der Waals surface area contributed by atoms with Crippen LogP contribution >= 0.6 is 0 Å². The van der Waals surface area contributed by atoms with Gasteiger partial charge in [0, 0.05) is 18.3 Å². The standard InChI is InChI=1S/C15H21N3O2/c1-11-15(12(2)20-18-11)10-19-14-6-3-5-13(9-14)17-8-4-7-16/h3,5-6,9,17H,4,7-8,10,16H2,1-2H3. The van der Waals surface area contributed by atoms with E-state index in [4.69, 9.17) is 15.0 Å². The van der Waals surface area contributed by atoms with Crippen LogP contribution in [0.2, 0.25) is 0 Å². The normalized spacial score (nSPS) is 10.6. The fourth-order valence-corrected chi connectivity index (χ4v) is 1.89. The van der Waals surface area contributed by atoms with Crippen molar-refractivity contribution in [2.75, 3.05) is 18.4 Å². The van der Waals surface area contributed by atoms with Crippen LogP contribution in [0.1, 0.15) is 23.4 Å². The van der Waals surface area contributed by atoms with E-state index in [9.17, 15) is 0 Å². The quantitative estimate of drug-likeness (QED) is 0.760. The molecule has 0 radical (unpaired) electrons. The summed E-state index contributed by atoms with van der Waals surface area (Å²) < 4.78 is 10.9. The third kappa shape index (κ3) is 3.74. The zero-order chi connectivity index (χ0) is 14.4. The maximum absolute atomic E-state index is 5.79. The second kappa shape index (κ2) is 6.96. The van der Waals surface area contributed by atoms with Gasteiger partial charge in [-0.1, -0.05) is 11.2 Å². The molecule has 1 heterocycles. The molecule has 0 aliphatic rings. The third-order valence-electron chi connectivity index (χ3n) is 3.11. The van der Waals surface area contributed by atoms with Crippen LogP contribution in [0.15, 0.2) is 28.8 Å². The van der Waals surface area contributed by atoms with Crippen LogP contribution in [0.4, 0.5) is 5.69 Å². The molecule has 20 heavy (non-hydrogen) atoms. The summed E-state index contributed by atoms with van der Waals surface area (Å²) in [5.74, 6) is 1.63. The Morgan fingerprint density at radius 2 is 2.20 bits per heavy atom. The van der Waals surface area contributed by atoms with Crippen molar-refractivity contribution in [3.05, 3.63) is 41.3 Å². The molecule has 0 fully saturated rings. The average Bonchev–Trinajstić information content (AvgIpc) is 2.77. The lowest BCUT2D eigenvalue weighted by atomic mass is 10.2. The number of anilines is 1. The highest BCUT2D eigenvalue weighted by atomic mass is 16.5. The predicted molar refractivity (Wildman–Crippen MR) is 78.9 cm³/mol. The molecule has 0 aliphatic heterocycles. The number of nitrogens with one attached hydrogen (secondary N) is 1. The molecule has 1 aromatic heterocycles. The summed E-state index contributed by atoms with van der Waals surface area (Å²) in [4.78, 5) is 0. The zero-order valence-electron chi connectivity index (χ0n) is 12.0. The highest BCUT2D eigenvalue weighted by Crippen LogP contribution is 2.20. The summed E-state index contributed by atoms with van der Waals surface area (Å²) in [5.41, 5.74) is 8.39. The minimum absolute atomic E-state index is 0.466. The minimum atomic E-state index is 0.466. The van der Waals surface area contributed by atoms with E-state index in [1.807, 2.05) is 38.1 Å². The fraction of sp³-hybridized carbons (Fsp3) is 0.400. The van der Waals surface area contributed by atoms with Gasteiger partial charge in [0.2, 0.25) is 0 Å². The second-order valence-corrected chi connectivity index (χ2v) is 4.69. The van der Waals surface area contributed by atoms with Crippen molar-refractivity contribution in [2.24, 2.45) is 5.73 Å². The number of aromatic nitrogens is 1. The number of nitrogens with two attached hydrogens (primary N) is 1. The monoisotopic (exact) mass is 275 g/mol. The lowest BCUT2D eigenvalue weighted by molar-refractivity contribution is 0.302. The highest BCUT2D eigenvalue weighted by molar-refractivity contribution is 5.48. The fourth-order valence-electron chi connectivity index (χ4n) is 1.89. The molecule has 3 N–H and O–H groups in total. The Labute approximate surface area is 119 Å². The maximum Gasteiger partial charge on any atom is 0.140 e. The first kappa shape index (κ1) is 14.4. The van der Waals surface area contributed by atoms with Gasteiger partial charge in [-0.2, -0.15) is 0 Å². The van der Waals surface area contributed by atoms with Crippen molar-refractivity contribution in [2.45, 2.75) is 26.9 Å². The number of ether oxygens (including phenoxy) is 1. The summed E-state index contributed by atoms with van der Waals surface area (Å²) in [5, 5.41) is 7.23. The topological polar surface area (TPSA) is 73.3 Å². The number of benzene rings is 1. The summed E-state index contributed by atoms with van der Waals surface area (Å²) >= 11 is 0. The van der Waals surface area contributed by atoms with Crippen LogP contribution in [0.3, 0.4) is 0 Å². The van der Waals surface area contributed by atoms with Gasteiger partial charge < -0.3 is 20.3 Å². The van der Waals surface area contributed by atoms with Gasteiger partial charge in [0.25, 0.3) is 0 Å². The molecule has 5 nitrogen and oxygen atoms in total. The van der Waals surface area contributed by atoms with Crippen LogP contribution in [0.5, 0.6) is 5.75 Å². The molecule has 0 amide bonds. The molecule has 2 rings (SSSR count). The molecule has 0 bridgehead atoms. The molecular formula is C15H21N3O2. The van der Waals surface area contributed by atoms with Crippen LogP contribution < -0.4 is 15.8 Å². The second-order valence-electron chi connectivity index (χ2n) is 4.69. The molecule has 1 aromatic carbocycles. The Kier molecular flexibility index (Phi) is 5.01. The Morgan fingerprint density at radius 3 is 2.90 bits per heavy atom. The first-order valence-corrected chi connectivity index (χ1v) is 6.79. The first-order valence-electron chi connectivity index (χ1n) is 6.79. The Bertz CT molecular complexity index is 532. The molecule has 108 valence electrons. The summed E-state index contributed by atoms with van der Waals surface area (Å²) in [6.07, 6.45) is 0.949. The molecule has 0 unspecified atom stereocenters. The molecule has 2 aromatic rings. The largest absolute Gasteiger partial charge is 0.489 e. The van der Waals surface area contributed by atoms with Crippen molar-refractivity contribution >= 4 is 5.69 Å². The van der Waals surface area contributed by atoms with Gasteiger partial charge in [-0.15, -0.1) is 0 Å². The lowest BCUT2D eigenvalue weighted by Gasteiger charge is -2.09. The van der Waals surface area contributed by atoms with Crippen LogP contribution in [-0.4, -0.2) is 18.2 Å². The van der Waals surface area contributed by atoms with Crippen molar-refractivity contribution < 1.29 is 9.26 Å². The van der Waals surface area contributed by atoms with Crippen LogP contribution in [0, 0.1) is 13.8 Å². The van der Waals surface area contributed by atoms with Gasteiger partial charge in [0.15, 0.2) is 0 Å². The van der Waals surface area contributed by atoms with Crippen molar-refractivity contribution in [3.63, 3.8) is 0 Å². The smallest absolute Gasteiger partial charge is 0.140 e. The van der Waals surface area contributed by atoms with E-state index in [0.29, 0.717) is 13.2 Å². The summed E-state index contributed by atoms with van der Waals surface area (Å²) in [6, 6.07) is 7.90. The van der Waals surface area contributed by atoms with E-state index >= 15 is 0 Å². The van der Waals surface area contributed by atoms with Crippen molar-refractivity contribution in [1.29, 1.82) is 0 Å². The van der Waals surface area contributed by atoms with E-state index in [-0.39, 0.29) is 0 Å². The molecule has 0 saturated carbocycles. The number of hydrogen-bond donors (Lipinski definition) is 2. The minimum Gasteiger partial charge on any atom is -0.489 e. The van der Waals surface area contributed by atoms with Crippen molar-refractivity contribution in [3.8, 4) is 5.75 Å². The molecule has 0 saturated heterocycles.